The van der Waals surface area contributed by atoms with Crippen LogP contribution in [0, 0.1) is 12.8 Å². The number of aryl methyl sites for hydroxylation is 1. The molecule has 1 unspecified atom stereocenters. The molecule has 1 saturated carbocycles. The Hall–Kier alpha value is -3.06. The van der Waals surface area contributed by atoms with E-state index >= 15 is 0 Å². The number of carboxylic acid groups (broad SMARTS) is 1. The van der Waals surface area contributed by atoms with Gasteiger partial charge in [0.25, 0.3) is 0 Å². The van der Waals surface area contributed by atoms with Crippen LogP contribution in [0.4, 0.5) is 4.79 Å². The molecule has 0 bridgehead atoms. The molecule has 1 atom stereocenters. The second kappa shape index (κ2) is 13.7. The van der Waals surface area contributed by atoms with Crippen LogP contribution in [0.25, 0.3) is 0 Å². The number of carboxylic acids is 1. The molecule has 0 heterocycles. The highest BCUT2D eigenvalue weighted by molar-refractivity contribution is 5.72. The van der Waals surface area contributed by atoms with Gasteiger partial charge >= 0.3 is 12.1 Å². The van der Waals surface area contributed by atoms with Gasteiger partial charge in [0.15, 0.2) is 6.10 Å². The standard InChI is InChI=1S/C28H37NO6/c1-3-33-26(27(30)31)19-22-12-14-24(15-13-22)34-17-16-29(20-23-9-5-4-6-10-23)28(32)35-25-11-7-8-21(2)18-25/h7-8,11-15,18,23,26H,3-6,9-10,16-17,19-20H2,1-2H3,(H,30,31). The molecule has 2 aromatic rings. The lowest BCUT2D eigenvalue weighted by atomic mass is 9.89. The molecule has 3 rings (SSSR count). The molecule has 0 radical (unpaired) electrons. The highest BCUT2D eigenvalue weighted by Gasteiger charge is 2.23. The second-order valence-corrected chi connectivity index (χ2v) is 9.11. The van der Waals surface area contributed by atoms with Crippen molar-refractivity contribution in [2.45, 2.75) is 58.5 Å². The Morgan fingerprint density at radius 1 is 1.06 bits per heavy atom. The van der Waals surface area contributed by atoms with Crippen LogP contribution in [-0.2, 0) is 16.0 Å². The summed E-state index contributed by atoms with van der Waals surface area (Å²) in [6.45, 7) is 5.53. The predicted molar refractivity (Wildman–Crippen MR) is 134 cm³/mol. The Kier molecular flexibility index (Phi) is 10.4. The number of rotatable bonds is 12. The molecule has 1 aliphatic rings. The lowest BCUT2D eigenvalue weighted by molar-refractivity contribution is -0.149. The molecule has 0 saturated heterocycles. The molecule has 7 nitrogen and oxygen atoms in total. The summed E-state index contributed by atoms with van der Waals surface area (Å²) in [5, 5.41) is 9.27. The van der Waals surface area contributed by atoms with Crippen LogP contribution >= 0.6 is 0 Å². The Morgan fingerprint density at radius 3 is 2.46 bits per heavy atom. The Morgan fingerprint density at radius 2 is 1.80 bits per heavy atom. The molecular formula is C28H37NO6. The van der Waals surface area contributed by atoms with Crippen molar-refractivity contribution in [2.24, 2.45) is 5.92 Å². The Balaban J connectivity index is 1.56. The van der Waals surface area contributed by atoms with Crippen LogP contribution in [0.15, 0.2) is 48.5 Å². The Labute approximate surface area is 208 Å². The number of nitrogens with zero attached hydrogens (tertiary/aromatic N) is 1. The number of carbonyl (C=O) groups excluding carboxylic acids is 1. The second-order valence-electron chi connectivity index (χ2n) is 9.11. The van der Waals surface area contributed by atoms with Crippen LogP contribution < -0.4 is 9.47 Å². The van der Waals surface area contributed by atoms with E-state index in [1.807, 2.05) is 49.4 Å². The first-order chi connectivity index (χ1) is 16.9. The van der Waals surface area contributed by atoms with Crippen LogP contribution in [-0.4, -0.2) is 54.5 Å². The van der Waals surface area contributed by atoms with Gasteiger partial charge in [0, 0.05) is 19.6 Å². The number of amides is 1. The highest BCUT2D eigenvalue weighted by atomic mass is 16.6. The van der Waals surface area contributed by atoms with Gasteiger partial charge in [0.05, 0.1) is 6.54 Å². The lowest BCUT2D eigenvalue weighted by Crippen LogP contribution is -2.40. The maximum Gasteiger partial charge on any atom is 0.415 e. The van der Waals surface area contributed by atoms with Crippen LogP contribution in [0.3, 0.4) is 0 Å². The van der Waals surface area contributed by atoms with Crippen molar-refractivity contribution >= 4 is 12.1 Å². The fourth-order valence-corrected chi connectivity index (χ4v) is 4.41. The van der Waals surface area contributed by atoms with Gasteiger partial charge in [-0.15, -0.1) is 0 Å². The minimum Gasteiger partial charge on any atom is -0.492 e. The highest BCUT2D eigenvalue weighted by Crippen LogP contribution is 2.25. The molecule has 1 amide bonds. The number of ether oxygens (including phenoxy) is 3. The van der Waals surface area contributed by atoms with Crippen molar-refractivity contribution in [1.82, 2.24) is 4.90 Å². The van der Waals surface area contributed by atoms with Crippen molar-refractivity contribution in [3.05, 3.63) is 59.7 Å². The molecule has 1 fully saturated rings. The molecule has 0 spiro atoms. The van der Waals surface area contributed by atoms with Crippen molar-refractivity contribution in [1.29, 1.82) is 0 Å². The molecule has 0 aromatic heterocycles. The number of hydrogen-bond donors (Lipinski definition) is 1. The van der Waals surface area contributed by atoms with E-state index in [1.165, 1.54) is 19.3 Å². The van der Waals surface area contributed by atoms with Gasteiger partial charge in [-0.1, -0.05) is 43.5 Å². The molecule has 190 valence electrons. The van der Waals surface area contributed by atoms with E-state index in [0.717, 1.165) is 24.0 Å². The molecule has 1 aliphatic carbocycles. The first-order valence-corrected chi connectivity index (χ1v) is 12.5. The fraction of sp³-hybridized carbons (Fsp3) is 0.500. The molecule has 35 heavy (non-hydrogen) atoms. The van der Waals surface area contributed by atoms with Crippen LogP contribution in [0.5, 0.6) is 11.5 Å². The third kappa shape index (κ3) is 8.91. The van der Waals surface area contributed by atoms with E-state index in [-0.39, 0.29) is 6.09 Å². The summed E-state index contributed by atoms with van der Waals surface area (Å²) in [5.41, 5.74) is 1.90. The van der Waals surface area contributed by atoms with Gasteiger partial charge in [0.2, 0.25) is 0 Å². The lowest BCUT2D eigenvalue weighted by Gasteiger charge is -2.29. The molecule has 0 aliphatic heterocycles. The summed E-state index contributed by atoms with van der Waals surface area (Å²) in [6.07, 6.45) is 5.03. The first kappa shape index (κ1) is 26.5. The average Bonchev–Trinajstić information content (AvgIpc) is 2.84. The van der Waals surface area contributed by atoms with Crippen LogP contribution in [0.1, 0.15) is 50.2 Å². The minimum atomic E-state index is -0.970. The number of carbonyl (C=O) groups is 2. The molecule has 7 heteroatoms. The summed E-state index contributed by atoms with van der Waals surface area (Å²) >= 11 is 0. The predicted octanol–water partition coefficient (Wildman–Crippen LogP) is 5.49. The summed E-state index contributed by atoms with van der Waals surface area (Å²) < 4.78 is 16.9. The van der Waals surface area contributed by atoms with E-state index in [2.05, 4.69) is 0 Å². The average molecular weight is 484 g/mol. The van der Waals surface area contributed by atoms with E-state index in [1.54, 1.807) is 17.9 Å². The largest absolute Gasteiger partial charge is 0.492 e. The van der Waals surface area contributed by atoms with E-state index in [0.29, 0.717) is 50.1 Å². The quantitative estimate of drug-likeness (QED) is 0.430. The van der Waals surface area contributed by atoms with Gasteiger partial charge in [-0.2, -0.15) is 0 Å². The smallest absolute Gasteiger partial charge is 0.415 e. The summed E-state index contributed by atoms with van der Waals surface area (Å²) in [7, 11) is 0. The zero-order valence-electron chi connectivity index (χ0n) is 20.8. The van der Waals surface area contributed by atoms with Crippen LogP contribution in [0.2, 0.25) is 0 Å². The number of aliphatic carboxylic acids is 1. The summed E-state index contributed by atoms with van der Waals surface area (Å²) in [5.74, 6) is 0.733. The van der Waals surface area contributed by atoms with Crippen molar-refractivity contribution in [3.63, 3.8) is 0 Å². The maximum absolute atomic E-state index is 13.0. The topological polar surface area (TPSA) is 85.3 Å². The first-order valence-electron chi connectivity index (χ1n) is 12.5. The number of benzene rings is 2. The van der Waals surface area contributed by atoms with Crippen molar-refractivity contribution in [3.8, 4) is 11.5 Å². The molecular weight excluding hydrogens is 446 g/mol. The normalized spacial score (nSPS) is 14.8. The third-order valence-corrected chi connectivity index (χ3v) is 6.27. The van der Waals surface area contributed by atoms with Crippen molar-refractivity contribution in [2.75, 3.05) is 26.3 Å². The summed E-state index contributed by atoms with van der Waals surface area (Å²) in [6, 6.07) is 14.8. The van der Waals surface area contributed by atoms with Crippen molar-refractivity contribution < 1.29 is 28.9 Å². The number of hydrogen-bond acceptors (Lipinski definition) is 5. The molecule has 2 aromatic carbocycles. The van der Waals surface area contributed by atoms with Gasteiger partial charge in [-0.05, 0) is 68.0 Å². The minimum absolute atomic E-state index is 0.295. The van der Waals surface area contributed by atoms with Gasteiger partial charge < -0.3 is 24.2 Å². The SMILES string of the molecule is CCOC(Cc1ccc(OCCN(CC2CCCCC2)C(=O)Oc2cccc(C)c2)cc1)C(=O)O. The zero-order chi connectivity index (χ0) is 25.0. The Bertz CT molecular complexity index is 939. The molecule has 1 N–H and O–H groups in total. The monoisotopic (exact) mass is 483 g/mol. The van der Waals surface area contributed by atoms with Gasteiger partial charge in [-0.3, -0.25) is 0 Å². The zero-order valence-corrected chi connectivity index (χ0v) is 20.8. The summed E-state index contributed by atoms with van der Waals surface area (Å²) in [4.78, 5) is 26.0. The van der Waals surface area contributed by atoms with E-state index in [4.69, 9.17) is 14.2 Å². The van der Waals surface area contributed by atoms with Gasteiger partial charge in [-0.25, -0.2) is 9.59 Å². The fourth-order valence-electron chi connectivity index (χ4n) is 4.41. The maximum atomic E-state index is 13.0. The van der Waals surface area contributed by atoms with Gasteiger partial charge in [0.1, 0.15) is 18.1 Å². The third-order valence-electron chi connectivity index (χ3n) is 6.27. The van der Waals surface area contributed by atoms with E-state index < -0.39 is 12.1 Å². The van der Waals surface area contributed by atoms with E-state index in [9.17, 15) is 14.7 Å².